The third-order valence-electron chi connectivity index (χ3n) is 4.52. The van der Waals surface area contributed by atoms with Gasteiger partial charge in [-0.25, -0.2) is 4.79 Å². The number of amides is 1. The highest BCUT2D eigenvalue weighted by Gasteiger charge is 2.15. The van der Waals surface area contributed by atoms with Crippen LogP contribution in [0.2, 0.25) is 0 Å². The molecule has 2 aromatic carbocycles. The number of esters is 2. The first-order chi connectivity index (χ1) is 15.4. The normalized spacial score (nSPS) is 11.4. The molecule has 0 fully saturated rings. The van der Waals surface area contributed by atoms with Crippen molar-refractivity contribution in [2.45, 2.75) is 26.8 Å². The first kappa shape index (κ1) is 23.2. The zero-order valence-corrected chi connectivity index (χ0v) is 18.9. The van der Waals surface area contributed by atoms with Crippen LogP contribution in [0.25, 0.3) is 10.2 Å². The van der Waals surface area contributed by atoms with Gasteiger partial charge < -0.3 is 18.8 Å². The molecule has 0 bridgehead atoms. The quantitative estimate of drug-likeness (QED) is 0.483. The first-order valence-corrected chi connectivity index (χ1v) is 10.9. The van der Waals surface area contributed by atoms with Gasteiger partial charge in [0.1, 0.15) is 12.3 Å². The van der Waals surface area contributed by atoms with E-state index in [0.717, 1.165) is 5.56 Å². The SMILES string of the molecule is CCOC(=O)Cn1c(=NC(=O)Cc2ccc(OC)cc2)sc2cc(C(=O)OCC)ccc21. The Kier molecular flexibility index (Phi) is 7.77. The fourth-order valence-corrected chi connectivity index (χ4v) is 4.14. The van der Waals surface area contributed by atoms with Gasteiger partial charge in [0.15, 0.2) is 4.80 Å². The van der Waals surface area contributed by atoms with Crippen molar-refractivity contribution in [2.75, 3.05) is 20.3 Å². The monoisotopic (exact) mass is 456 g/mol. The van der Waals surface area contributed by atoms with E-state index in [4.69, 9.17) is 14.2 Å². The summed E-state index contributed by atoms with van der Waals surface area (Å²) < 4.78 is 17.6. The van der Waals surface area contributed by atoms with Crippen LogP contribution in [0.5, 0.6) is 5.75 Å². The van der Waals surface area contributed by atoms with E-state index in [2.05, 4.69) is 4.99 Å². The van der Waals surface area contributed by atoms with Crippen molar-refractivity contribution in [1.29, 1.82) is 0 Å². The number of carbonyl (C=O) groups is 3. The van der Waals surface area contributed by atoms with Crippen molar-refractivity contribution in [3.05, 3.63) is 58.4 Å². The van der Waals surface area contributed by atoms with Crippen LogP contribution in [0.15, 0.2) is 47.5 Å². The minimum Gasteiger partial charge on any atom is -0.497 e. The highest BCUT2D eigenvalue weighted by Crippen LogP contribution is 2.20. The molecule has 0 N–H and O–H groups in total. The maximum atomic E-state index is 12.6. The summed E-state index contributed by atoms with van der Waals surface area (Å²) in [7, 11) is 1.58. The summed E-state index contributed by atoms with van der Waals surface area (Å²) >= 11 is 1.22. The minimum atomic E-state index is -0.439. The summed E-state index contributed by atoms with van der Waals surface area (Å²) in [5.41, 5.74) is 1.86. The first-order valence-electron chi connectivity index (χ1n) is 10.1. The lowest BCUT2D eigenvalue weighted by molar-refractivity contribution is -0.143. The Morgan fingerprint density at radius 3 is 2.38 bits per heavy atom. The minimum absolute atomic E-state index is 0.0960. The number of aromatic nitrogens is 1. The third-order valence-corrected chi connectivity index (χ3v) is 5.56. The second-order valence-corrected chi connectivity index (χ2v) is 7.72. The van der Waals surface area contributed by atoms with Crippen LogP contribution in [0.1, 0.15) is 29.8 Å². The fraction of sp³-hybridized carbons (Fsp3) is 0.304. The molecule has 0 spiro atoms. The summed E-state index contributed by atoms with van der Waals surface area (Å²) in [6.45, 7) is 3.88. The molecule has 32 heavy (non-hydrogen) atoms. The molecule has 0 aliphatic heterocycles. The molecule has 8 nitrogen and oxygen atoms in total. The van der Waals surface area contributed by atoms with E-state index in [1.165, 1.54) is 11.3 Å². The number of thiazole rings is 1. The van der Waals surface area contributed by atoms with Crippen LogP contribution >= 0.6 is 11.3 Å². The molecule has 0 saturated heterocycles. The van der Waals surface area contributed by atoms with Gasteiger partial charge in [0.05, 0.1) is 42.5 Å². The Morgan fingerprint density at radius 1 is 1.00 bits per heavy atom. The summed E-state index contributed by atoms with van der Waals surface area (Å²) in [6, 6.07) is 12.2. The molecule has 0 radical (unpaired) electrons. The van der Waals surface area contributed by atoms with Gasteiger partial charge in [-0.2, -0.15) is 4.99 Å². The number of benzene rings is 2. The van der Waals surface area contributed by atoms with Crippen LogP contribution in [0.4, 0.5) is 0 Å². The van der Waals surface area contributed by atoms with Gasteiger partial charge in [0, 0.05) is 0 Å². The lowest BCUT2D eigenvalue weighted by atomic mass is 10.1. The molecule has 1 amide bonds. The summed E-state index contributed by atoms with van der Waals surface area (Å²) in [5, 5.41) is 0. The second kappa shape index (κ2) is 10.7. The molecule has 0 aliphatic carbocycles. The Morgan fingerprint density at radius 2 is 1.72 bits per heavy atom. The number of fused-ring (bicyclic) bond motifs is 1. The van der Waals surface area contributed by atoms with Crippen molar-refractivity contribution in [2.24, 2.45) is 4.99 Å². The summed E-state index contributed by atoms with van der Waals surface area (Å²) in [6.07, 6.45) is 0.103. The number of methoxy groups -OCH3 is 1. The zero-order valence-electron chi connectivity index (χ0n) is 18.1. The van der Waals surface area contributed by atoms with Crippen molar-refractivity contribution in [3.63, 3.8) is 0 Å². The Labute approximate surface area is 189 Å². The highest BCUT2D eigenvalue weighted by atomic mass is 32.1. The zero-order chi connectivity index (χ0) is 23.1. The van der Waals surface area contributed by atoms with Gasteiger partial charge in [-0.15, -0.1) is 0 Å². The Bertz CT molecular complexity index is 1190. The summed E-state index contributed by atoms with van der Waals surface area (Å²) in [5.74, 6) is -0.531. The van der Waals surface area contributed by atoms with E-state index in [1.54, 1.807) is 68.0 Å². The molecule has 9 heteroatoms. The highest BCUT2D eigenvalue weighted by molar-refractivity contribution is 7.16. The van der Waals surface area contributed by atoms with E-state index in [9.17, 15) is 14.4 Å². The molecule has 168 valence electrons. The van der Waals surface area contributed by atoms with E-state index in [1.807, 2.05) is 0 Å². The van der Waals surface area contributed by atoms with Crippen LogP contribution in [0.3, 0.4) is 0 Å². The maximum Gasteiger partial charge on any atom is 0.338 e. The van der Waals surface area contributed by atoms with E-state index in [0.29, 0.717) is 26.3 Å². The molecule has 0 unspecified atom stereocenters. The van der Waals surface area contributed by atoms with Gasteiger partial charge in [-0.05, 0) is 49.7 Å². The standard InChI is InChI=1S/C23H24N2O6S/c1-4-30-21(27)14-25-18-11-8-16(22(28)31-5-2)13-19(18)32-23(25)24-20(26)12-15-6-9-17(29-3)10-7-15/h6-11,13H,4-5,12,14H2,1-3H3. The molecule has 0 aliphatic rings. The van der Waals surface area contributed by atoms with E-state index in [-0.39, 0.29) is 32.1 Å². The number of rotatable bonds is 8. The molecule has 1 aromatic heterocycles. The predicted molar refractivity (Wildman–Crippen MR) is 120 cm³/mol. The molecule has 0 atom stereocenters. The Balaban J connectivity index is 1.98. The number of hydrogen-bond donors (Lipinski definition) is 0. The van der Waals surface area contributed by atoms with Gasteiger partial charge in [-0.3, -0.25) is 9.59 Å². The van der Waals surface area contributed by atoms with Crippen molar-refractivity contribution < 1.29 is 28.6 Å². The van der Waals surface area contributed by atoms with Crippen molar-refractivity contribution >= 4 is 39.4 Å². The number of nitrogens with zero attached hydrogens (tertiary/aromatic N) is 2. The van der Waals surface area contributed by atoms with Crippen LogP contribution < -0.4 is 9.54 Å². The van der Waals surface area contributed by atoms with E-state index >= 15 is 0 Å². The second-order valence-electron chi connectivity index (χ2n) is 6.71. The third kappa shape index (κ3) is 5.61. The lowest BCUT2D eigenvalue weighted by Crippen LogP contribution is -2.23. The average molecular weight is 457 g/mol. The maximum absolute atomic E-state index is 12.6. The molecular formula is C23H24N2O6S. The van der Waals surface area contributed by atoms with Crippen LogP contribution in [-0.4, -0.2) is 42.7 Å². The van der Waals surface area contributed by atoms with Gasteiger partial charge >= 0.3 is 11.9 Å². The van der Waals surface area contributed by atoms with Crippen molar-refractivity contribution in [3.8, 4) is 5.75 Å². The van der Waals surface area contributed by atoms with E-state index < -0.39 is 11.9 Å². The number of carbonyl (C=O) groups excluding carboxylic acids is 3. The van der Waals surface area contributed by atoms with Gasteiger partial charge in [0.2, 0.25) is 0 Å². The van der Waals surface area contributed by atoms with Gasteiger partial charge in [0.25, 0.3) is 5.91 Å². The molecule has 3 rings (SSSR count). The lowest BCUT2D eigenvalue weighted by Gasteiger charge is -2.06. The van der Waals surface area contributed by atoms with Crippen LogP contribution in [0, 0.1) is 0 Å². The van der Waals surface area contributed by atoms with Crippen LogP contribution in [-0.2, 0) is 32.0 Å². The molecule has 3 aromatic rings. The van der Waals surface area contributed by atoms with Crippen molar-refractivity contribution in [1.82, 2.24) is 4.57 Å². The van der Waals surface area contributed by atoms with Gasteiger partial charge in [-0.1, -0.05) is 23.5 Å². The largest absolute Gasteiger partial charge is 0.497 e. The predicted octanol–water partition coefficient (Wildman–Crippen LogP) is 3.12. The Hall–Kier alpha value is -3.46. The average Bonchev–Trinajstić information content (AvgIpc) is 3.10. The molecular weight excluding hydrogens is 432 g/mol. The molecule has 0 saturated carbocycles. The smallest absolute Gasteiger partial charge is 0.338 e. The number of ether oxygens (including phenoxy) is 3. The topological polar surface area (TPSA) is 96.2 Å². The fourth-order valence-electron chi connectivity index (χ4n) is 3.05. The summed E-state index contributed by atoms with van der Waals surface area (Å²) in [4.78, 5) is 41.5. The molecule has 1 heterocycles. The number of hydrogen-bond acceptors (Lipinski definition) is 7.